The molecule has 0 bridgehead atoms. The monoisotopic (exact) mass is 306 g/mol. The molecule has 1 aromatic heterocycles. The first-order chi connectivity index (χ1) is 9.33. The number of halogens is 4. The Balaban J connectivity index is 2.52. The Labute approximate surface area is 119 Å². The molecule has 0 saturated carbocycles. The lowest BCUT2D eigenvalue weighted by atomic mass is 10.3. The largest absolute Gasteiger partial charge is 0.494 e. The van der Waals surface area contributed by atoms with Crippen molar-refractivity contribution in [2.75, 3.05) is 7.11 Å². The summed E-state index contributed by atoms with van der Waals surface area (Å²) in [6.07, 6.45) is -5.14. The van der Waals surface area contributed by atoms with Gasteiger partial charge in [-0.1, -0.05) is 6.07 Å². The molecule has 0 aliphatic rings. The van der Waals surface area contributed by atoms with E-state index in [4.69, 9.17) is 16.3 Å². The van der Waals surface area contributed by atoms with Crippen LogP contribution in [0.2, 0.25) is 0 Å². The highest BCUT2D eigenvalue weighted by molar-refractivity contribution is 6.20. The van der Waals surface area contributed by atoms with Crippen LogP contribution < -0.4 is 4.74 Å². The van der Waals surface area contributed by atoms with E-state index in [-0.39, 0.29) is 6.54 Å². The number of alkyl halides is 4. The summed E-state index contributed by atoms with van der Waals surface area (Å²) in [6, 6.07) is 5.14. The minimum Gasteiger partial charge on any atom is -0.494 e. The molecule has 0 saturated heterocycles. The number of methoxy groups -OCH3 is 1. The van der Waals surface area contributed by atoms with Crippen molar-refractivity contribution in [1.29, 1.82) is 0 Å². The van der Waals surface area contributed by atoms with Crippen molar-refractivity contribution in [2.45, 2.75) is 31.4 Å². The third-order valence-corrected chi connectivity index (χ3v) is 3.16. The number of ether oxygens (including phenoxy) is 1. The summed E-state index contributed by atoms with van der Waals surface area (Å²) in [5.74, 6) is 0.933. The van der Waals surface area contributed by atoms with Crippen LogP contribution >= 0.6 is 11.6 Å². The molecule has 1 atom stereocenters. The molecule has 7 heteroatoms. The Morgan fingerprint density at radius 1 is 1.40 bits per heavy atom. The van der Waals surface area contributed by atoms with E-state index in [1.165, 1.54) is 11.7 Å². The molecule has 1 unspecified atom stereocenters. The third-order valence-electron chi connectivity index (χ3n) is 2.97. The zero-order chi connectivity index (χ0) is 14.9. The molecule has 2 aromatic rings. The molecule has 3 nitrogen and oxygen atoms in total. The molecule has 2 rings (SSSR count). The second-order valence-electron chi connectivity index (χ2n) is 4.43. The lowest BCUT2D eigenvalue weighted by Gasteiger charge is -2.12. The van der Waals surface area contributed by atoms with Gasteiger partial charge in [0.25, 0.3) is 0 Å². The number of hydrogen-bond acceptors (Lipinski definition) is 2. The van der Waals surface area contributed by atoms with Crippen LogP contribution in [0.5, 0.6) is 5.75 Å². The summed E-state index contributed by atoms with van der Waals surface area (Å²) in [4.78, 5) is 4.32. The van der Waals surface area contributed by atoms with Crippen LogP contribution in [0.3, 0.4) is 0 Å². The number of aryl methyl sites for hydroxylation is 1. The third kappa shape index (κ3) is 3.00. The molecule has 0 fully saturated rings. The number of benzene rings is 1. The summed E-state index contributed by atoms with van der Waals surface area (Å²) in [6.45, 7) is 1.47. The van der Waals surface area contributed by atoms with E-state index in [9.17, 15) is 13.2 Å². The first-order valence-electron chi connectivity index (χ1n) is 6.07. The van der Waals surface area contributed by atoms with E-state index >= 15 is 0 Å². The maximum atomic E-state index is 12.4. The summed E-state index contributed by atoms with van der Waals surface area (Å²) in [5.41, 5.74) is 1.12. The number of para-hydroxylation sites is 1. The molecule has 110 valence electrons. The van der Waals surface area contributed by atoms with Crippen LogP contribution in [0.25, 0.3) is 11.0 Å². The summed E-state index contributed by atoms with van der Waals surface area (Å²) in [5, 5.41) is -0.486. The van der Waals surface area contributed by atoms with E-state index in [1.54, 1.807) is 25.1 Å². The van der Waals surface area contributed by atoms with E-state index < -0.39 is 18.0 Å². The number of hydrogen-bond donors (Lipinski definition) is 0. The zero-order valence-corrected chi connectivity index (χ0v) is 11.8. The van der Waals surface area contributed by atoms with Crippen LogP contribution in [0.15, 0.2) is 18.2 Å². The van der Waals surface area contributed by atoms with Gasteiger partial charge in [-0.3, -0.25) is 0 Å². The van der Waals surface area contributed by atoms with Gasteiger partial charge in [-0.2, -0.15) is 13.2 Å². The average molecular weight is 307 g/mol. The molecule has 20 heavy (non-hydrogen) atoms. The van der Waals surface area contributed by atoms with Crippen molar-refractivity contribution in [2.24, 2.45) is 0 Å². The summed E-state index contributed by atoms with van der Waals surface area (Å²) >= 11 is 6.02. The summed E-state index contributed by atoms with van der Waals surface area (Å²) < 4.78 is 44.0. The van der Waals surface area contributed by atoms with Crippen molar-refractivity contribution in [3.8, 4) is 5.75 Å². The highest BCUT2D eigenvalue weighted by Crippen LogP contribution is 2.31. The van der Waals surface area contributed by atoms with Gasteiger partial charge in [-0.15, -0.1) is 11.6 Å². The molecular formula is C13H14ClF3N2O. The van der Waals surface area contributed by atoms with E-state index in [1.807, 2.05) is 0 Å². The van der Waals surface area contributed by atoms with Gasteiger partial charge in [0.2, 0.25) is 0 Å². The van der Waals surface area contributed by atoms with Crippen LogP contribution in [-0.4, -0.2) is 22.8 Å². The minimum absolute atomic E-state index is 0.209. The van der Waals surface area contributed by atoms with Crippen LogP contribution in [-0.2, 0) is 6.54 Å². The normalized spacial score (nSPS) is 13.7. The summed E-state index contributed by atoms with van der Waals surface area (Å²) in [7, 11) is 1.49. The van der Waals surface area contributed by atoms with E-state index in [0.717, 1.165) is 0 Å². The van der Waals surface area contributed by atoms with E-state index in [2.05, 4.69) is 4.98 Å². The highest BCUT2D eigenvalue weighted by atomic mass is 35.5. The van der Waals surface area contributed by atoms with Crippen LogP contribution in [0, 0.1) is 0 Å². The number of imidazole rings is 1. The van der Waals surface area contributed by atoms with Crippen molar-refractivity contribution in [1.82, 2.24) is 9.55 Å². The minimum atomic E-state index is -4.22. The number of nitrogens with zero attached hydrogens (tertiary/aromatic N) is 2. The topological polar surface area (TPSA) is 27.1 Å². The molecule has 0 aliphatic carbocycles. The zero-order valence-electron chi connectivity index (χ0n) is 11.0. The SMILES string of the molecule is COc1cccc2c1nc(C(C)Cl)n2CCC(F)(F)F. The standard InChI is InChI=1S/C13H14ClF3N2O/c1-8(14)12-18-11-9(4-3-5-10(11)20-2)19(12)7-6-13(15,16)17/h3-5,8H,6-7H2,1-2H3. The second-order valence-corrected chi connectivity index (χ2v) is 5.09. The molecule has 0 radical (unpaired) electrons. The van der Waals surface area contributed by atoms with Gasteiger partial charge in [-0.25, -0.2) is 4.98 Å². The van der Waals surface area contributed by atoms with Gasteiger partial charge in [0.05, 0.1) is 24.4 Å². The molecule has 0 amide bonds. The van der Waals surface area contributed by atoms with E-state index in [0.29, 0.717) is 22.6 Å². The molecule has 1 heterocycles. The lowest BCUT2D eigenvalue weighted by Crippen LogP contribution is -2.14. The number of rotatable bonds is 4. The first-order valence-corrected chi connectivity index (χ1v) is 6.51. The Morgan fingerprint density at radius 2 is 2.10 bits per heavy atom. The molecule has 0 spiro atoms. The first kappa shape index (κ1) is 15.0. The van der Waals surface area contributed by atoms with Crippen LogP contribution in [0.1, 0.15) is 24.5 Å². The van der Waals surface area contributed by atoms with Gasteiger partial charge >= 0.3 is 6.18 Å². The maximum absolute atomic E-state index is 12.4. The Hall–Kier alpha value is -1.43. The fourth-order valence-corrected chi connectivity index (χ4v) is 2.25. The van der Waals surface area contributed by atoms with Gasteiger partial charge in [-0.05, 0) is 19.1 Å². The molecule has 0 N–H and O–H groups in total. The molecule has 1 aromatic carbocycles. The maximum Gasteiger partial charge on any atom is 0.390 e. The fourth-order valence-electron chi connectivity index (χ4n) is 2.08. The van der Waals surface area contributed by atoms with Crippen molar-refractivity contribution in [3.63, 3.8) is 0 Å². The fraction of sp³-hybridized carbons (Fsp3) is 0.462. The lowest BCUT2D eigenvalue weighted by molar-refractivity contribution is -0.136. The van der Waals surface area contributed by atoms with Gasteiger partial charge in [0, 0.05) is 6.54 Å². The van der Waals surface area contributed by atoms with Gasteiger partial charge in [0.1, 0.15) is 17.1 Å². The average Bonchev–Trinajstić information content (AvgIpc) is 2.74. The van der Waals surface area contributed by atoms with Crippen molar-refractivity contribution in [3.05, 3.63) is 24.0 Å². The smallest absolute Gasteiger partial charge is 0.390 e. The Morgan fingerprint density at radius 3 is 2.65 bits per heavy atom. The van der Waals surface area contributed by atoms with Crippen molar-refractivity contribution >= 4 is 22.6 Å². The second kappa shape index (κ2) is 5.52. The number of aromatic nitrogens is 2. The van der Waals surface area contributed by atoms with Crippen LogP contribution in [0.4, 0.5) is 13.2 Å². The predicted molar refractivity (Wildman–Crippen MR) is 71.2 cm³/mol. The Bertz CT molecular complexity index is 607. The van der Waals surface area contributed by atoms with Gasteiger partial charge < -0.3 is 9.30 Å². The highest BCUT2D eigenvalue weighted by Gasteiger charge is 2.28. The molecular weight excluding hydrogens is 293 g/mol. The van der Waals surface area contributed by atoms with Gasteiger partial charge in [0.15, 0.2) is 0 Å². The predicted octanol–water partition coefficient (Wildman–Crippen LogP) is 4.30. The number of fused-ring (bicyclic) bond motifs is 1. The van der Waals surface area contributed by atoms with Crippen molar-refractivity contribution < 1.29 is 17.9 Å². The quantitative estimate of drug-likeness (QED) is 0.788. The molecule has 0 aliphatic heterocycles. The Kier molecular flexibility index (Phi) is 4.13.